The number of rotatable bonds is 4. The molecule has 2 heterocycles. The molecule has 0 fully saturated rings. The molecule has 4 heteroatoms. The standard InChI is InChI=1S/C14H17N3O/c1-11(18)13-4-3-7-16-14(13)17(2)10-12-5-8-15-9-6-12/h3-9,11,18H,10H2,1-2H3/t11-/m0/s1. The third kappa shape index (κ3) is 2.84. The Kier molecular flexibility index (Phi) is 3.89. The van der Waals surface area contributed by atoms with Crippen molar-refractivity contribution >= 4 is 5.82 Å². The number of nitrogens with zero attached hydrogens (tertiary/aromatic N) is 3. The van der Waals surface area contributed by atoms with Crippen LogP contribution in [0.25, 0.3) is 0 Å². The molecular formula is C14H17N3O. The Bertz CT molecular complexity index is 499. The summed E-state index contributed by atoms with van der Waals surface area (Å²) in [6.07, 6.45) is 4.77. The molecule has 2 rings (SSSR count). The van der Waals surface area contributed by atoms with Gasteiger partial charge in [-0.15, -0.1) is 0 Å². The lowest BCUT2D eigenvalue weighted by atomic mass is 10.1. The monoisotopic (exact) mass is 243 g/mol. The van der Waals surface area contributed by atoms with Gasteiger partial charge < -0.3 is 10.0 Å². The van der Waals surface area contributed by atoms with E-state index in [0.717, 1.165) is 23.5 Å². The zero-order valence-corrected chi connectivity index (χ0v) is 10.6. The number of pyridine rings is 2. The van der Waals surface area contributed by atoms with Crippen molar-refractivity contribution in [3.05, 3.63) is 54.0 Å². The van der Waals surface area contributed by atoms with Gasteiger partial charge in [0, 0.05) is 37.7 Å². The van der Waals surface area contributed by atoms with Gasteiger partial charge in [0.05, 0.1) is 6.10 Å². The maximum absolute atomic E-state index is 9.74. The number of aliphatic hydroxyl groups is 1. The highest BCUT2D eigenvalue weighted by Gasteiger charge is 2.12. The quantitative estimate of drug-likeness (QED) is 0.894. The third-order valence-corrected chi connectivity index (χ3v) is 2.80. The summed E-state index contributed by atoms with van der Waals surface area (Å²) in [7, 11) is 1.97. The smallest absolute Gasteiger partial charge is 0.134 e. The number of aliphatic hydroxyl groups excluding tert-OH is 1. The first-order valence-electron chi connectivity index (χ1n) is 5.91. The Morgan fingerprint density at radius 3 is 2.61 bits per heavy atom. The van der Waals surface area contributed by atoms with Crippen LogP contribution in [-0.4, -0.2) is 22.1 Å². The van der Waals surface area contributed by atoms with Crippen LogP contribution in [-0.2, 0) is 6.54 Å². The molecule has 1 N–H and O–H groups in total. The van der Waals surface area contributed by atoms with Gasteiger partial charge in [-0.05, 0) is 30.7 Å². The summed E-state index contributed by atoms with van der Waals surface area (Å²) in [6.45, 7) is 2.49. The molecule has 2 aromatic heterocycles. The minimum Gasteiger partial charge on any atom is -0.389 e. The molecule has 0 spiro atoms. The van der Waals surface area contributed by atoms with Crippen molar-refractivity contribution < 1.29 is 5.11 Å². The molecule has 0 aliphatic rings. The summed E-state index contributed by atoms with van der Waals surface area (Å²) in [6, 6.07) is 7.69. The van der Waals surface area contributed by atoms with Gasteiger partial charge in [0.15, 0.2) is 0 Å². The minimum atomic E-state index is -0.520. The first kappa shape index (κ1) is 12.5. The summed E-state index contributed by atoms with van der Waals surface area (Å²) in [5.74, 6) is 0.810. The van der Waals surface area contributed by atoms with Crippen LogP contribution < -0.4 is 4.90 Å². The molecule has 0 aliphatic carbocycles. The van der Waals surface area contributed by atoms with Crippen molar-refractivity contribution in [2.75, 3.05) is 11.9 Å². The molecule has 18 heavy (non-hydrogen) atoms. The number of anilines is 1. The van der Waals surface area contributed by atoms with Crippen LogP contribution in [0.5, 0.6) is 0 Å². The summed E-state index contributed by atoms with van der Waals surface area (Å²) in [5.41, 5.74) is 2.00. The largest absolute Gasteiger partial charge is 0.389 e. The third-order valence-electron chi connectivity index (χ3n) is 2.80. The van der Waals surface area contributed by atoms with E-state index in [1.54, 1.807) is 25.5 Å². The van der Waals surface area contributed by atoms with Gasteiger partial charge in [0.1, 0.15) is 5.82 Å². The summed E-state index contributed by atoms with van der Waals surface area (Å²) < 4.78 is 0. The Morgan fingerprint density at radius 2 is 1.94 bits per heavy atom. The van der Waals surface area contributed by atoms with Gasteiger partial charge in [-0.25, -0.2) is 4.98 Å². The highest BCUT2D eigenvalue weighted by Crippen LogP contribution is 2.23. The summed E-state index contributed by atoms with van der Waals surface area (Å²) in [4.78, 5) is 10.4. The van der Waals surface area contributed by atoms with Crippen LogP contribution in [0.2, 0.25) is 0 Å². The fourth-order valence-electron chi connectivity index (χ4n) is 1.89. The van der Waals surface area contributed by atoms with Crippen LogP contribution in [0.3, 0.4) is 0 Å². The van der Waals surface area contributed by atoms with E-state index in [1.807, 2.05) is 36.2 Å². The van der Waals surface area contributed by atoms with Gasteiger partial charge in [-0.3, -0.25) is 4.98 Å². The maximum atomic E-state index is 9.74. The van der Waals surface area contributed by atoms with E-state index in [2.05, 4.69) is 9.97 Å². The highest BCUT2D eigenvalue weighted by atomic mass is 16.3. The molecule has 0 aromatic carbocycles. The topological polar surface area (TPSA) is 49.3 Å². The van der Waals surface area contributed by atoms with E-state index in [9.17, 15) is 5.11 Å². The lowest BCUT2D eigenvalue weighted by Gasteiger charge is -2.22. The van der Waals surface area contributed by atoms with Crippen molar-refractivity contribution in [3.63, 3.8) is 0 Å². The average molecular weight is 243 g/mol. The summed E-state index contributed by atoms with van der Waals surface area (Å²) >= 11 is 0. The van der Waals surface area contributed by atoms with Crippen LogP contribution in [0.15, 0.2) is 42.9 Å². The molecule has 0 unspecified atom stereocenters. The zero-order chi connectivity index (χ0) is 13.0. The van der Waals surface area contributed by atoms with Crippen LogP contribution >= 0.6 is 0 Å². The van der Waals surface area contributed by atoms with Crippen molar-refractivity contribution in [3.8, 4) is 0 Å². The second-order valence-corrected chi connectivity index (χ2v) is 4.30. The van der Waals surface area contributed by atoms with Crippen molar-refractivity contribution in [1.29, 1.82) is 0 Å². The SMILES string of the molecule is C[C@H](O)c1cccnc1N(C)Cc1ccncc1. The molecule has 0 radical (unpaired) electrons. The van der Waals surface area contributed by atoms with E-state index in [0.29, 0.717) is 0 Å². The Hall–Kier alpha value is -1.94. The Morgan fingerprint density at radius 1 is 1.22 bits per heavy atom. The van der Waals surface area contributed by atoms with Crippen molar-refractivity contribution in [1.82, 2.24) is 9.97 Å². The van der Waals surface area contributed by atoms with E-state index < -0.39 is 6.10 Å². The fraction of sp³-hybridized carbons (Fsp3) is 0.286. The molecule has 4 nitrogen and oxygen atoms in total. The second-order valence-electron chi connectivity index (χ2n) is 4.30. The van der Waals surface area contributed by atoms with Crippen LogP contribution in [0.4, 0.5) is 5.82 Å². The van der Waals surface area contributed by atoms with Gasteiger partial charge in [0.2, 0.25) is 0 Å². The molecule has 0 amide bonds. The number of hydrogen-bond donors (Lipinski definition) is 1. The normalized spacial score (nSPS) is 12.2. The number of hydrogen-bond acceptors (Lipinski definition) is 4. The highest BCUT2D eigenvalue weighted by molar-refractivity contribution is 5.47. The molecule has 0 saturated carbocycles. The van der Waals surface area contributed by atoms with Gasteiger partial charge in [-0.2, -0.15) is 0 Å². The number of aromatic nitrogens is 2. The summed E-state index contributed by atoms with van der Waals surface area (Å²) in [5, 5.41) is 9.74. The molecular weight excluding hydrogens is 226 g/mol. The Balaban J connectivity index is 2.21. The first-order chi connectivity index (χ1) is 8.68. The minimum absolute atomic E-state index is 0.520. The average Bonchev–Trinajstić information content (AvgIpc) is 2.40. The van der Waals surface area contributed by atoms with E-state index in [4.69, 9.17) is 0 Å². The van der Waals surface area contributed by atoms with E-state index in [-0.39, 0.29) is 0 Å². The predicted molar refractivity (Wildman–Crippen MR) is 71.2 cm³/mol. The van der Waals surface area contributed by atoms with Crippen molar-refractivity contribution in [2.24, 2.45) is 0 Å². The fourth-order valence-corrected chi connectivity index (χ4v) is 1.89. The molecule has 0 aliphatic heterocycles. The molecule has 0 bridgehead atoms. The first-order valence-corrected chi connectivity index (χ1v) is 5.91. The molecule has 0 saturated heterocycles. The molecule has 1 atom stereocenters. The van der Waals surface area contributed by atoms with Gasteiger partial charge >= 0.3 is 0 Å². The predicted octanol–water partition coefficient (Wildman–Crippen LogP) is 2.17. The van der Waals surface area contributed by atoms with Crippen LogP contribution in [0, 0.1) is 0 Å². The zero-order valence-electron chi connectivity index (χ0n) is 10.6. The molecule has 2 aromatic rings. The molecule has 94 valence electrons. The van der Waals surface area contributed by atoms with Crippen molar-refractivity contribution in [2.45, 2.75) is 19.6 Å². The van der Waals surface area contributed by atoms with Crippen LogP contribution in [0.1, 0.15) is 24.2 Å². The van der Waals surface area contributed by atoms with Gasteiger partial charge in [0.25, 0.3) is 0 Å². The Labute approximate surface area is 107 Å². The van der Waals surface area contributed by atoms with E-state index >= 15 is 0 Å². The lowest BCUT2D eigenvalue weighted by molar-refractivity contribution is 0.199. The maximum Gasteiger partial charge on any atom is 0.134 e. The second kappa shape index (κ2) is 5.60. The lowest BCUT2D eigenvalue weighted by Crippen LogP contribution is -2.20. The van der Waals surface area contributed by atoms with E-state index in [1.165, 1.54) is 0 Å². The van der Waals surface area contributed by atoms with Gasteiger partial charge in [-0.1, -0.05) is 6.07 Å².